The summed E-state index contributed by atoms with van der Waals surface area (Å²) in [7, 11) is 1.56. The standard InChI is InChI=1S/C18H21N3O4/c1-20-16(22)8-7-15(19-20)17(23)21-9-3-6-14(11-21)12-4-2-5-13(10-12)18(24)25/h2,4-5,10,14H,3,6-9,11H2,1H3,(H,24,25). The Morgan fingerprint density at radius 3 is 2.80 bits per heavy atom. The molecule has 1 fully saturated rings. The molecule has 3 rings (SSSR count). The molecular weight excluding hydrogens is 322 g/mol. The van der Waals surface area contributed by atoms with Crippen molar-refractivity contribution in [1.29, 1.82) is 0 Å². The largest absolute Gasteiger partial charge is 0.478 e. The molecule has 2 amide bonds. The summed E-state index contributed by atoms with van der Waals surface area (Å²) in [5.74, 6) is -1.05. The minimum absolute atomic E-state index is 0.0847. The predicted molar refractivity (Wildman–Crippen MR) is 91.4 cm³/mol. The molecule has 1 atom stereocenters. The van der Waals surface area contributed by atoms with Crippen LogP contribution >= 0.6 is 0 Å². The van der Waals surface area contributed by atoms with Crippen molar-refractivity contribution in [2.75, 3.05) is 20.1 Å². The van der Waals surface area contributed by atoms with Gasteiger partial charge >= 0.3 is 5.97 Å². The van der Waals surface area contributed by atoms with Gasteiger partial charge in [0.1, 0.15) is 5.71 Å². The third-order valence-corrected chi connectivity index (χ3v) is 4.77. The zero-order valence-electron chi connectivity index (χ0n) is 14.1. The van der Waals surface area contributed by atoms with E-state index in [1.807, 2.05) is 6.07 Å². The highest BCUT2D eigenvalue weighted by Crippen LogP contribution is 2.28. The van der Waals surface area contributed by atoms with Crippen LogP contribution in [-0.2, 0) is 9.59 Å². The van der Waals surface area contributed by atoms with Crippen LogP contribution in [0.15, 0.2) is 29.4 Å². The fourth-order valence-corrected chi connectivity index (χ4v) is 3.37. The molecule has 0 aliphatic carbocycles. The van der Waals surface area contributed by atoms with Crippen LogP contribution in [0.2, 0.25) is 0 Å². The van der Waals surface area contributed by atoms with Crippen molar-refractivity contribution in [2.24, 2.45) is 5.10 Å². The van der Waals surface area contributed by atoms with E-state index in [9.17, 15) is 14.4 Å². The Morgan fingerprint density at radius 1 is 1.28 bits per heavy atom. The van der Waals surface area contributed by atoms with Gasteiger partial charge in [0.25, 0.3) is 5.91 Å². The third-order valence-electron chi connectivity index (χ3n) is 4.77. The van der Waals surface area contributed by atoms with Gasteiger partial charge < -0.3 is 10.0 Å². The summed E-state index contributed by atoms with van der Waals surface area (Å²) < 4.78 is 0. The van der Waals surface area contributed by atoms with Crippen LogP contribution in [0.1, 0.15) is 47.5 Å². The number of nitrogens with zero attached hydrogens (tertiary/aromatic N) is 3. The number of carboxylic acid groups (broad SMARTS) is 1. The van der Waals surface area contributed by atoms with Crippen LogP contribution in [0.5, 0.6) is 0 Å². The molecule has 1 N–H and O–H groups in total. The lowest BCUT2D eigenvalue weighted by molar-refractivity contribution is -0.130. The first-order valence-corrected chi connectivity index (χ1v) is 8.42. The Labute approximate surface area is 145 Å². The van der Waals surface area contributed by atoms with Crippen LogP contribution < -0.4 is 0 Å². The van der Waals surface area contributed by atoms with Crippen LogP contribution in [0.25, 0.3) is 0 Å². The first-order chi connectivity index (χ1) is 12.0. The Kier molecular flexibility index (Phi) is 4.83. The minimum Gasteiger partial charge on any atom is -0.478 e. The van der Waals surface area contributed by atoms with Gasteiger partial charge in [-0.2, -0.15) is 5.10 Å². The first-order valence-electron chi connectivity index (χ1n) is 8.42. The van der Waals surface area contributed by atoms with Gasteiger partial charge in [-0.1, -0.05) is 12.1 Å². The lowest BCUT2D eigenvalue weighted by atomic mass is 9.89. The number of aromatic carboxylic acids is 1. The van der Waals surface area contributed by atoms with Gasteiger partial charge in [-0.15, -0.1) is 0 Å². The normalized spacial score (nSPS) is 21.1. The maximum atomic E-state index is 12.7. The topological polar surface area (TPSA) is 90.3 Å². The second kappa shape index (κ2) is 7.04. The number of hydrazone groups is 1. The molecule has 1 unspecified atom stereocenters. The minimum atomic E-state index is -0.949. The van der Waals surface area contributed by atoms with Gasteiger partial charge in [0, 0.05) is 38.9 Å². The quantitative estimate of drug-likeness (QED) is 0.904. The molecule has 0 saturated carbocycles. The number of carboxylic acids is 1. The van der Waals surface area contributed by atoms with Gasteiger partial charge in [0.05, 0.1) is 5.56 Å². The molecule has 0 radical (unpaired) electrons. The number of carbonyl (C=O) groups is 3. The van der Waals surface area contributed by atoms with Crippen molar-refractivity contribution in [3.8, 4) is 0 Å². The van der Waals surface area contributed by atoms with Crippen molar-refractivity contribution < 1.29 is 19.5 Å². The average molecular weight is 343 g/mol. The molecule has 7 nitrogen and oxygen atoms in total. The van der Waals surface area contributed by atoms with E-state index in [1.54, 1.807) is 30.1 Å². The van der Waals surface area contributed by atoms with Crippen LogP contribution in [0.4, 0.5) is 0 Å². The van der Waals surface area contributed by atoms with Gasteiger partial charge in [-0.05, 0) is 30.5 Å². The zero-order chi connectivity index (χ0) is 18.0. The van der Waals surface area contributed by atoms with Gasteiger partial charge in [0.15, 0.2) is 0 Å². The fraction of sp³-hybridized carbons (Fsp3) is 0.444. The van der Waals surface area contributed by atoms with Gasteiger partial charge in [-0.3, -0.25) is 9.59 Å². The van der Waals surface area contributed by atoms with Crippen molar-refractivity contribution in [2.45, 2.75) is 31.6 Å². The molecule has 0 bridgehead atoms. The van der Waals surface area contributed by atoms with E-state index >= 15 is 0 Å². The van der Waals surface area contributed by atoms with Gasteiger partial charge in [0.2, 0.25) is 5.91 Å². The second-order valence-corrected chi connectivity index (χ2v) is 6.48. The summed E-state index contributed by atoms with van der Waals surface area (Å²) in [6, 6.07) is 6.91. The zero-order valence-corrected chi connectivity index (χ0v) is 14.1. The monoisotopic (exact) mass is 343 g/mol. The SMILES string of the molecule is CN1N=C(C(=O)N2CCCC(c3cccc(C(=O)O)c3)C2)CCC1=O. The number of hydrogen-bond donors (Lipinski definition) is 1. The summed E-state index contributed by atoms with van der Waals surface area (Å²) >= 11 is 0. The van der Waals surface area contributed by atoms with E-state index in [0.29, 0.717) is 31.6 Å². The lowest BCUT2D eigenvalue weighted by Gasteiger charge is -2.34. The third kappa shape index (κ3) is 3.70. The number of rotatable bonds is 3. The molecule has 7 heteroatoms. The van der Waals surface area contributed by atoms with Crippen molar-refractivity contribution in [3.05, 3.63) is 35.4 Å². The Bertz CT molecular complexity index is 744. The van der Waals surface area contributed by atoms with Crippen molar-refractivity contribution >= 4 is 23.5 Å². The fourth-order valence-electron chi connectivity index (χ4n) is 3.37. The average Bonchev–Trinajstić information content (AvgIpc) is 2.63. The summed E-state index contributed by atoms with van der Waals surface area (Å²) in [4.78, 5) is 37.2. The van der Waals surface area contributed by atoms with E-state index in [0.717, 1.165) is 18.4 Å². The summed E-state index contributed by atoms with van der Waals surface area (Å²) in [5, 5.41) is 14.5. The number of carbonyl (C=O) groups excluding carboxylic acids is 2. The highest BCUT2D eigenvalue weighted by Gasteiger charge is 2.30. The summed E-state index contributed by atoms with van der Waals surface area (Å²) in [6.45, 7) is 1.20. The molecule has 2 heterocycles. The summed E-state index contributed by atoms with van der Waals surface area (Å²) in [6.07, 6.45) is 2.45. The molecule has 132 valence electrons. The van der Waals surface area contributed by atoms with Gasteiger partial charge in [-0.25, -0.2) is 9.80 Å². The van der Waals surface area contributed by atoms with Crippen molar-refractivity contribution in [3.63, 3.8) is 0 Å². The van der Waals surface area contributed by atoms with E-state index in [1.165, 1.54) is 5.01 Å². The molecule has 1 aromatic rings. The molecule has 1 saturated heterocycles. The maximum absolute atomic E-state index is 12.7. The molecule has 2 aliphatic rings. The molecular formula is C18H21N3O4. The Morgan fingerprint density at radius 2 is 2.08 bits per heavy atom. The lowest BCUT2D eigenvalue weighted by Crippen LogP contribution is -2.44. The van der Waals surface area contributed by atoms with E-state index in [4.69, 9.17) is 5.11 Å². The van der Waals surface area contributed by atoms with Crippen LogP contribution in [-0.4, -0.2) is 58.6 Å². The number of piperidine rings is 1. The number of likely N-dealkylation sites (tertiary alicyclic amines) is 1. The molecule has 0 aromatic heterocycles. The molecule has 2 aliphatic heterocycles. The number of hydrogen-bond acceptors (Lipinski definition) is 4. The van der Waals surface area contributed by atoms with E-state index < -0.39 is 5.97 Å². The van der Waals surface area contributed by atoms with Crippen LogP contribution in [0, 0.1) is 0 Å². The molecule has 25 heavy (non-hydrogen) atoms. The van der Waals surface area contributed by atoms with Crippen molar-refractivity contribution in [1.82, 2.24) is 9.91 Å². The van der Waals surface area contributed by atoms with Crippen LogP contribution in [0.3, 0.4) is 0 Å². The van der Waals surface area contributed by atoms with E-state index in [2.05, 4.69) is 5.10 Å². The number of amides is 2. The second-order valence-electron chi connectivity index (χ2n) is 6.48. The first kappa shape index (κ1) is 17.1. The number of benzene rings is 1. The Balaban J connectivity index is 1.74. The highest BCUT2D eigenvalue weighted by atomic mass is 16.4. The van der Waals surface area contributed by atoms with E-state index in [-0.39, 0.29) is 23.3 Å². The Hall–Kier alpha value is -2.70. The maximum Gasteiger partial charge on any atom is 0.335 e. The molecule has 1 aromatic carbocycles. The summed E-state index contributed by atoms with van der Waals surface area (Å²) in [5.41, 5.74) is 1.62. The highest BCUT2D eigenvalue weighted by molar-refractivity contribution is 6.39. The molecule has 0 spiro atoms. The smallest absolute Gasteiger partial charge is 0.335 e. The predicted octanol–water partition coefficient (Wildman–Crippen LogP) is 1.70.